The summed E-state index contributed by atoms with van der Waals surface area (Å²) in [6, 6.07) is 0. The molecule has 0 spiro atoms. The van der Waals surface area contributed by atoms with Gasteiger partial charge in [-0.2, -0.15) is 0 Å². The number of rotatable bonds is 2. The Morgan fingerprint density at radius 1 is 1.75 bits per heavy atom. The predicted molar refractivity (Wildman–Crippen MR) is 46.4 cm³/mol. The number of nitrogens with zero attached hydrogens (tertiary/aromatic N) is 1. The number of alkyl halides is 1. The average molecular weight is 206 g/mol. The van der Waals surface area contributed by atoms with Crippen LogP contribution in [0.1, 0.15) is 12.0 Å². The van der Waals surface area contributed by atoms with Crippen LogP contribution >= 0.6 is 22.9 Å². The van der Waals surface area contributed by atoms with Crippen LogP contribution in [0.15, 0.2) is 10.9 Å². The van der Waals surface area contributed by atoms with Crippen molar-refractivity contribution in [1.29, 1.82) is 0 Å². The third-order valence-corrected chi connectivity index (χ3v) is 2.56. The van der Waals surface area contributed by atoms with Gasteiger partial charge in [0.2, 0.25) is 6.29 Å². The first kappa shape index (κ1) is 8.44. The van der Waals surface area contributed by atoms with Gasteiger partial charge in [-0.15, -0.1) is 22.9 Å². The molecule has 0 saturated carbocycles. The number of ether oxygens (including phenoxy) is 2. The molecule has 2 rings (SSSR count). The third kappa shape index (κ3) is 1.61. The molecule has 1 fully saturated rings. The van der Waals surface area contributed by atoms with Crippen LogP contribution in [0.3, 0.4) is 0 Å². The first-order valence-electron chi connectivity index (χ1n) is 3.61. The molecule has 0 aromatic carbocycles. The largest absolute Gasteiger partial charge is 0.344 e. The maximum absolute atomic E-state index is 5.61. The van der Waals surface area contributed by atoms with Gasteiger partial charge in [-0.05, 0) is 0 Å². The summed E-state index contributed by atoms with van der Waals surface area (Å²) in [7, 11) is 0. The summed E-state index contributed by atoms with van der Waals surface area (Å²) in [6.07, 6.45) is -0.293. The summed E-state index contributed by atoms with van der Waals surface area (Å²) in [5, 5.41) is 1.92. The van der Waals surface area contributed by atoms with Crippen molar-refractivity contribution >= 4 is 22.9 Å². The van der Waals surface area contributed by atoms with Crippen molar-refractivity contribution in [3.05, 3.63) is 16.6 Å². The average Bonchev–Trinajstić information content (AvgIpc) is 2.75. The normalized spacial score (nSPS) is 29.4. The predicted octanol–water partition coefficient (Wildman–Crippen LogP) is 1.80. The van der Waals surface area contributed by atoms with Gasteiger partial charge in [0.1, 0.15) is 5.69 Å². The molecule has 3 nitrogen and oxygen atoms in total. The molecule has 1 aromatic heterocycles. The Hall–Kier alpha value is -0.160. The molecule has 12 heavy (non-hydrogen) atoms. The van der Waals surface area contributed by atoms with E-state index in [9.17, 15) is 0 Å². The molecule has 2 atom stereocenters. The molecule has 0 N–H and O–H groups in total. The fraction of sp³-hybridized carbons (Fsp3) is 0.571. The van der Waals surface area contributed by atoms with E-state index in [0.29, 0.717) is 12.5 Å². The van der Waals surface area contributed by atoms with Crippen molar-refractivity contribution < 1.29 is 9.47 Å². The Bertz CT molecular complexity index is 242. The summed E-state index contributed by atoms with van der Waals surface area (Å²) in [5.41, 5.74) is 2.60. The van der Waals surface area contributed by atoms with Gasteiger partial charge in [0.05, 0.1) is 24.1 Å². The van der Waals surface area contributed by atoms with Gasteiger partial charge in [-0.1, -0.05) is 0 Å². The van der Waals surface area contributed by atoms with E-state index in [4.69, 9.17) is 21.1 Å². The van der Waals surface area contributed by atoms with E-state index >= 15 is 0 Å². The van der Waals surface area contributed by atoms with Crippen LogP contribution in [-0.2, 0) is 9.47 Å². The van der Waals surface area contributed by atoms with Gasteiger partial charge in [-0.3, -0.25) is 0 Å². The van der Waals surface area contributed by atoms with Crippen molar-refractivity contribution in [1.82, 2.24) is 4.98 Å². The van der Waals surface area contributed by atoms with E-state index in [1.807, 2.05) is 5.38 Å². The molecular formula is C7H8ClNO2S. The minimum Gasteiger partial charge on any atom is -0.344 e. The van der Waals surface area contributed by atoms with E-state index in [1.165, 1.54) is 11.3 Å². The van der Waals surface area contributed by atoms with Crippen LogP contribution in [0.25, 0.3) is 0 Å². The topological polar surface area (TPSA) is 31.4 Å². The van der Waals surface area contributed by atoms with Gasteiger partial charge in [0, 0.05) is 5.38 Å². The summed E-state index contributed by atoms with van der Waals surface area (Å²) < 4.78 is 10.8. The quantitative estimate of drug-likeness (QED) is 0.690. The highest BCUT2D eigenvalue weighted by atomic mass is 35.5. The Balaban J connectivity index is 2.00. The highest BCUT2D eigenvalue weighted by molar-refractivity contribution is 7.07. The number of aromatic nitrogens is 1. The zero-order valence-corrected chi connectivity index (χ0v) is 7.85. The smallest absolute Gasteiger partial charge is 0.202 e. The summed E-state index contributed by atoms with van der Waals surface area (Å²) in [6.45, 7) is 0.561. The second-order valence-corrected chi connectivity index (χ2v) is 3.52. The Morgan fingerprint density at radius 3 is 3.25 bits per heavy atom. The van der Waals surface area contributed by atoms with Crippen molar-refractivity contribution in [2.75, 3.05) is 12.5 Å². The number of halogens is 1. The summed E-state index contributed by atoms with van der Waals surface area (Å²) >= 11 is 7.14. The van der Waals surface area contributed by atoms with Gasteiger partial charge < -0.3 is 9.47 Å². The van der Waals surface area contributed by atoms with Gasteiger partial charge in [-0.25, -0.2) is 4.98 Å². The number of hydrogen-bond donors (Lipinski definition) is 0. The molecule has 1 aliphatic heterocycles. The Labute approximate surface area is 79.3 Å². The van der Waals surface area contributed by atoms with Crippen LogP contribution in [0.5, 0.6) is 0 Å². The molecule has 0 bridgehead atoms. The standard InChI is InChI=1S/C7H8ClNO2S/c8-1-5-2-10-7(11-5)6-3-12-4-9-6/h3-5,7H,1-2H2. The highest BCUT2D eigenvalue weighted by Gasteiger charge is 2.27. The first-order chi connectivity index (χ1) is 5.90. The van der Waals surface area contributed by atoms with E-state index in [1.54, 1.807) is 5.51 Å². The molecule has 5 heteroatoms. The van der Waals surface area contributed by atoms with Crippen LogP contribution in [-0.4, -0.2) is 23.6 Å². The SMILES string of the molecule is ClCC1COC(c2cscn2)O1. The maximum atomic E-state index is 5.61. The van der Waals surface area contributed by atoms with E-state index in [2.05, 4.69) is 4.98 Å². The Kier molecular flexibility index (Phi) is 2.60. The lowest BCUT2D eigenvalue weighted by Crippen LogP contribution is -2.10. The molecule has 0 amide bonds. The van der Waals surface area contributed by atoms with Crippen molar-refractivity contribution in [2.24, 2.45) is 0 Å². The molecule has 1 aliphatic rings. The summed E-state index contributed by atoms with van der Waals surface area (Å²) in [5.74, 6) is 0.473. The van der Waals surface area contributed by atoms with E-state index < -0.39 is 0 Å². The fourth-order valence-corrected chi connectivity index (χ4v) is 1.74. The van der Waals surface area contributed by atoms with Crippen LogP contribution in [0.2, 0.25) is 0 Å². The molecule has 1 saturated heterocycles. The van der Waals surface area contributed by atoms with Crippen LogP contribution in [0, 0.1) is 0 Å². The van der Waals surface area contributed by atoms with Crippen molar-refractivity contribution in [2.45, 2.75) is 12.4 Å². The first-order valence-corrected chi connectivity index (χ1v) is 5.09. The van der Waals surface area contributed by atoms with Crippen LogP contribution in [0.4, 0.5) is 0 Å². The fourth-order valence-electron chi connectivity index (χ4n) is 1.02. The van der Waals surface area contributed by atoms with E-state index in [-0.39, 0.29) is 12.4 Å². The van der Waals surface area contributed by atoms with E-state index in [0.717, 1.165) is 5.69 Å². The lowest BCUT2D eigenvalue weighted by molar-refractivity contribution is -0.0593. The van der Waals surface area contributed by atoms with Crippen molar-refractivity contribution in [3.63, 3.8) is 0 Å². The third-order valence-electron chi connectivity index (χ3n) is 1.61. The second kappa shape index (κ2) is 3.70. The second-order valence-electron chi connectivity index (χ2n) is 2.49. The van der Waals surface area contributed by atoms with Gasteiger partial charge in [0.25, 0.3) is 0 Å². The number of hydrogen-bond acceptors (Lipinski definition) is 4. The molecule has 2 heterocycles. The Morgan fingerprint density at radius 2 is 2.67 bits per heavy atom. The molecular weight excluding hydrogens is 198 g/mol. The van der Waals surface area contributed by atoms with Gasteiger partial charge >= 0.3 is 0 Å². The molecule has 0 radical (unpaired) electrons. The zero-order valence-electron chi connectivity index (χ0n) is 6.27. The van der Waals surface area contributed by atoms with Crippen LogP contribution < -0.4 is 0 Å². The molecule has 66 valence electrons. The molecule has 0 aliphatic carbocycles. The van der Waals surface area contributed by atoms with Gasteiger partial charge in [0.15, 0.2) is 0 Å². The lowest BCUT2D eigenvalue weighted by atomic mass is 10.4. The molecule has 2 unspecified atom stereocenters. The molecule has 1 aromatic rings. The summed E-state index contributed by atoms with van der Waals surface area (Å²) in [4.78, 5) is 4.09. The highest BCUT2D eigenvalue weighted by Crippen LogP contribution is 2.26. The van der Waals surface area contributed by atoms with Crippen molar-refractivity contribution in [3.8, 4) is 0 Å². The minimum absolute atomic E-state index is 0.0124. The minimum atomic E-state index is -0.306. The maximum Gasteiger partial charge on any atom is 0.202 e. The number of thiazole rings is 1. The lowest BCUT2D eigenvalue weighted by Gasteiger charge is -2.05. The zero-order chi connectivity index (χ0) is 8.39. The monoisotopic (exact) mass is 205 g/mol.